The molecule has 5 heteroatoms. The quantitative estimate of drug-likeness (QED) is 0.803. The number of rotatable bonds is 6. The molecule has 2 fully saturated rings. The minimum absolute atomic E-state index is 0.0793. The second-order valence-corrected chi connectivity index (χ2v) is 7.38. The van der Waals surface area contributed by atoms with Gasteiger partial charge in [-0.1, -0.05) is 30.3 Å². The highest BCUT2D eigenvalue weighted by atomic mass is 16.5. The zero-order valence-electron chi connectivity index (χ0n) is 15.0. The van der Waals surface area contributed by atoms with Gasteiger partial charge in [0.1, 0.15) is 0 Å². The number of hydrogen-bond acceptors (Lipinski definition) is 4. The van der Waals surface area contributed by atoms with Gasteiger partial charge >= 0.3 is 0 Å². The van der Waals surface area contributed by atoms with E-state index in [1.807, 2.05) is 11.0 Å². The largest absolute Gasteiger partial charge is 0.377 e. The molecular weight excluding hydrogens is 326 g/mol. The molecule has 4 rings (SSSR count). The van der Waals surface area contributed by atoms with Gasteiger partial charge in [0.25, 0.3) is 5.91 Å². The number of piperidine rings is 1. The third-order valence-corrected chi connectivity index (χ3v) is 5.29. The Morgan fingerprint density at radius 3 is 2.58 bits per heavy atom. The van der Waals surface area contributed by atoms with Gasteiger partial charge in [-0.25, -0.2) is 9.97 Å². The number of nitrogens with zero attached hydrogens (tertiary/aromatic N) is 3. The van der Waals surface area contributed by atoms with E-state index < -0.39 is 0 Å². The minimum atomic E-state index is -0.0793. The van der Waals surface area contributed by atoms with Crippen molar-refractivity contribution in [3.63, 3.8) is 0 Å². The normalized spacial score (nSPS) is 23.0. The monoisotopic (exact) mass is 351 g/mol. The Morgan fingerprint density at radius 2 is 1.85 bits per heavy atom. The van der Waals surface area contributed by atoms with E-state index in [1.54, 1.807) is 18.5 Å². The molecule has 0 radical (unpaired) electrons. The maximum Gasteiger partial charge on any atom is 0.291 e. The predicted octanol–water partition coefficient (Wildman–Crippen LogP) is 2.98. The first kappa shape index (κ1) is 17.2. The lowest BCUT2D eigenvalue weighted by Gasteiger charge is -2.38. The van der Waals surface area contributed by atoms with Crippen LogP contribution in [0.25, 0.3) is 0 Å². The van der Waals surface area contributed by atoms with Gasteiger partial charge < -0.3 is 9.64 Å². The molecule has 0 spiro atoms. The van der Waals surface area contributed by atoms with Gasteiger partial charge in [-0.2, -0.15) is 0 Å². The summed E-state index contributed by atoms with van der Waals surface area (Å²) >= 11 is 0. The summed E-state index contributed by atoms with van der Waals surface area (Å²) in [7, 11) is 0. The molecule has 2 aliphatic rings. The Morgan fingerprint density at radius 1 is 1.08 bits per heavy atom. The van der Waals surface area contributed by atoms with Crippen LogP contribution in [0.15, 0.2) is 48.8 Å². The Bertz CT molecular complexity index is 719. The number of ether oxygens (including phenoxy) is 1. The molecule has 1 saturated heterocycles. The fourth-order valence-electron chi connectivity index (χ4n) is 3.62. The third-order valence-electron chi connectivity index (χ3n) is 5.29. The summed E-state index contributed by atoms with van der Waals surface area (Å²) in [5, 5.41) is 0. The van der Waals surface area contributed by atoms with Gasteiger partial charge in [-0.15, -0.1) is 0 Å². The summed E-state index contributed by atoms with van der Waals surface area (Å²) in [4.78, 5) is 22.9. The number of aromatic nitrogens is 2. The molecule has 1 saturated carbocycles. The number of carbonyl (C=O) groups is 1. The zero-order chi connectivity index (χ0) is 17.8. The van der Waals surface area contributed by atoms with Crippen LogP contribution in [-0.4, -0.2) is 46.6 Å². The maximum atomic E-state index is 12.7. The maximum absolute atomic E-state index is 12.7. The minimum Gasteiger partial charge on any atom is -0.377 e. The van der Waals surface area contributed by atoms with Crippen LogP contribution in [0, 0.1) is 11.8 Å². The van der Waals surface area contributed by atoms with Gasteiger partial charge in [0.05, 0.1) is 6.10 Å². The second-order valence-electron chi connectivity index (χ2n) is 7.38. The van der Waals surface area contributed by atoms with Crippen LogP contribution < -0.4 is 0 Å². The molecule has 1 aromatic heterocycles. The van der Waals surface area contributed by atoms with E-state index in [4.69, 9.17) is 4.74 Å². The van der Waals surface area contributed by atoms with E-state index in [1.165, 1.54) is 18.4 Å². The van der Waals surface area contributed by atoms with Gasteiger partial charge in [0.15, 0.2) is 0 Å². The summed E-state index contributed by atoms with van der Waals surface area (Å²) in [6.45, 7) is 2.27. The summed E-state index contributed by atoms with van der Waals surface area (Å²) in [6.07, 6.45) is 7.85. The molecule has 1 aliphatic heterocycles. The number of benzene rings is 1. The van der Waals surface area contributed by atoms with Crippen molar-refractivity contribution in [1.82, 2.24) is 14.9 Å². The SMILES string of the molecule is O=C(c1ncccn1)N1CC[C@@H](OCC2CC2)[C@H](Cc2ccccc2)C1. The number of hydrogen-bond donors (Lipinski definition) is 0. The lowest BCUT2D eigenvalue weighted by Crippen LogP contribution is -2.48. The highest BCUT2D eigenvalue weighted by Gasteiger charge is 2.34. The average Bonchev–Trinajstić information content (AvgIpc) is 3.52. The van der Waals surface area contributed by atoms with Crippen LogP contribution >= 0.6 is 0 Å². The first-order valence-corrected chi connectivity index (χ1v) is 9.51. The summed E-state index contributed by atoms with van der Waals surface area (Å²) in [6, 6.07) is 12.2. The topological polar surface area (TPSA) is 55.3 Å². The van der Waals surface area contributed by atoms with Crippen LogP contribution in [-0.2, 0) is 11.2 Å². The first-order chi connectivity index (χ1) is 12.8. The molecule has 1 aromatic carbocycles. The molecule has 2 aromatic rings. The lowest BCUT2D eigenvalue weighted by molar-refractivity contribution is -0.0328. The van der Waals surface area contributed by atoms with Crippen LogP contribution in [0.5, 0.6) is 0 Å². The molecule has 1 aliphatic carbocycles. The Labute approximate surface area is 154 Å². The van der Waals surface area contributed by atoms with E-state index in [-0.39, 0.29) is 17.8 Å². The molecule has 2 atom stereocenters. The van der Waals surface area contributed by atoms with E-state index >= 15 is 0 Å². The van der Waals surface area contributed by atoms with Gasteiger partial charge in [-0.05, 0) is 43.2 Å². The molecule has 0 unspecified atom stereocenters. The number of carbonyl (C=O) groups excluding carboxylic acids is 1. The van der Waals surface area contributed by atoms with Crippen molar-refractivity contribution in [1.29, 1.82) is 0 Å². The van der Waals surface area contributed by atoms with Crippen molar-refractivity contribution in [3.05, 3.63) is 60.2 Å². The molecule has 26 heavy (non-hydrogen) atoms. The number of likely N-dealkylation sites (tertiary alicyclic amines) is 1. The van der Waals surface area contributed by atoms with Gasteiger partial charge in [0, 0.05) is 38.0 Å². The summed E-state index contributed by atoms with van der Waals surface area (Å²) < 4.78 is 6.26. The number of amides is 1. The zero-order valence-corrected chi connectivity index (χ0v) is 15.0. The molecule has 0 bridgehead atoms. The van der Waals surface area contributed by atoms with Crippen LogP contribution in [0.2, 0.25) is 0 Å². The van der Waals surface area contributed by atoms with E-state index in [0.717, 1.165) is 25.4 Å². The molecule has 5 nitrogen and oxygen atoms in total. The van der Waals surface area contributed by atoms with Crippen molar-refractivity contribution in [2.24, 2.45) is 11.8 Å². The van der Waals surface area contributed by atoms with Crippen LogP contribution in [0.4, 0.5) is 0 Å². The summed E-state index contributed by atoms with van der Waals surface area (Å²) in [5.41, 5.74) is 1.29. The summed E-state index contributed by atoms with van der Waals surface area (Å²) in [5.74, 6) is 1.26. The highest BCUT2D eigenvalue weighted by molar-refractivity contribution is 5.90. The van der Waals surface area contributed by atoms with Crippen molar-refractivity contribution in [2.75, 3.05) is 19.7 Å². The van der Waals surface area contributed by atoms with Crippen LogP contribution in [0.3, 0.4) is 0 Å². The van der Waals surface area contributed by atoms with E-state index in [2.05, 4.69) is 34.2 Å². The Kier molecular flexibility index (Phi) is 5.25. The predicted molar refractivity (Wildman–Crippen MR) is 98.7 cm³/mol. The van der Waals surface area contributed by atoms with Gasteiger partial charge in [-0.3, -0.25) is 4.79 Å². The van der Waals surface area contributed by atoms with Crippen molar-refractivity contribution in [3.8, 4) is 0 Å². The molecule has 0 N–H and O–H groups in total. The third kappa shape index (κ3) is 4.28. The Hall–Kier alpha value is -2.27. The van der Waals surface area contributed by atoms with Crippen LogP contribution in [0.1, 0.15) is 35.4 Å². The van der Waals surface area contributed by atoms with Crippen molar-refractivity contribution in [2.45, 2.75) is 31.8 Å². The Balaban J connectivity index is 1.45. The van der Waals surface area contributed by atoms with Crippen molar-refractivity contribution < 1.29 is 9.53 Å². The highest BCUT2D eigenvalue weighted by Crippen LogP contribution is 2.32. The van der Waals surface area contributed by atoms with E-state index in [9.17, 15) is 4.79 Å². The van der Waals surface area contributed by atoms with Crippen molar-refractivity contribution >= 4 is 5.91 Å². The van der Waals surface area contributed by atoms with Gasteiger partial charge in [0.2, 0.25) is 5.82 Å². The molecular formula is C21H25N3O2. The molecule has 2 heterocycles. The first-order valence-electron chi connectivity index (χ1n) is 9.51. The van der Waals surface area contributed by atoms with E-state index in [0.29, 0.717) is 19.0 Å². The fourth-order valence-corrected chi connectivity index (χ4v) is 3.62. The average molecular weight is 351 g/mol. The smallest absolute Gasteiger partial charge is 0.291 e. The second kappa shape index (κ2) is 7.96. The molecule has 136 valence electrons. The lowest BCUT2D eigenvalue weighted by atomic mass is 9.88. The fraction of sp³-hybridized carbons (Fsp3) is 0.476. The standard InChI is InChI=1S/C21H25N3O2/c25-21(20-22-10-4-11-23-20)24-12-9-19(26-15-17-7-8-17)18(14-24)13-16-5-2-1-3-6-16/h1-6,10-11,17-19H,7-9,12-15H2/t18-,19-/m1/s1. The molecule has 1 amide bonds.